The predicted octanol–water partition coefficient (Wildman–Crippen LogP) is -2.61. The van der Waals surface area contributed by atoms with Gasteiger partial charge in [-0.1, -0.05) is 0 Å². The van der Waals surface area contributed by atoms with Gasteiger partial charge in [0.25, 0.3) is 0 Å². The molecule has 1 rings (SSSR count). The van der Waals surface area contributed by atoms with E-state index in [1.807, 2.05) is 0 Å². The molecule has 6 heteroatoms. The number of β-amino-alcohol motifs (C(OH)–C–C–N with tert-alkyl or cyclic N) is 1. The van der Waals surface area contributed by atoms with Gasteiger partial charge in [-0.2, -0.15) is 0 Å². The van der Waals surface area contributed by atoms with Gasteiger partial charge in [-0.15, -0.1) is 0 Å². The molecular weight excluding hydrogens is 202 g/mol. The zero-order chi connectivity index (χ0) is 11.4. The molecule has 0 bridgehead atoms. The van der Waals surface area contributed by atoms with Crippen LogP contribution in [0.2, 0.25) is 0 Å². The summed E-state index contributed by atoms with van der Waals surface area (Å²) in [5.74, 6) is 0. The maximum Gasteiger partial charge on any atom is 0.109 e. The summed E-state index contributed by atoms with van der Waals surface area (Å²) in [6.45, 7) is 0.927. The summed E-state index contributed by atoms with van der Waals surface area (Å²) in [5.41, 5.74) is 0. The molecule has 0 aromatic carbocycles. The lowest BCUT2D eigenvalue weighted by molar-refractivity contribution is -0.147. The van der Waals surface area contributed by atoms with Crippen LogP contribution in [0.1, 0.15) is 0 Å². The number of rotatable bonds is 4. The Morgan fingerprint density at radius 3 is 2.47 bits per heavy atom. The van der Waals surface area contributed by atoms with Crippen LogP contribution in [-0.2, 0) is 4.74 Å². The number of aliphatic hydroxyl groups excluding tert-OH is 4. The van der Waals surface area contributed by atoms with Crippen molar-refractivity contribution in [3.63, 3.8) is 0 Å². The fourth-order valence-corrected chi connectivity index (χ4v) is 1.84. The van der Waals surface area contributed by atoms with Gasteiger partial charge in [-0.05, 0) is 0 Å². The van der Waals surface area contributed by atoms with E-state index < -0.39 is 24.4 Å². The van der Waals surface area contributed by atoms with Gasteiger partial charge in [0.05, 0.1) is 25.4 Å². The van der Waals surface area contributed by atoms with Crippen molar-refractivity contribution in [2.24, 2.45) is 0 Å². The number of hydrogen-bond donors (Lipinski definition) is 4. The third-order valence-electron chi connectivity index (χ3n) is 2.80. The van der Waals surface area contributed by atoms with Gasteiger partial charge in [0.2, 0.25) is 0 Å². The molecule has 4 N–H and O–H groups in total. The molecule has 2 unspecified atom stereocenters. The standard InChI is InChI=1S/C9H19NO5/c1-15-3-2-10-4-7(12)9(14)8(13)6(10)5-11/h6-9,11-14H,2-5H2,1H3/t6?,7-,8-,9?/m1/s1. The van der Waals surface area contributed by atoms with Crippen LogP contribution in [0.4, 0.5) is 0 Å². The van der Waals surface area contributed by atoms with Crippen LogP contribution in [0.3, 0.4) is 0 Å². The van der Waals surface area contributed by atoms with Crippen LogP contribution < -0.4 is 0 Å². The maximum atomic E-state index is 9.63. The first-order valence-corrected chi connectivity index (χ1v) is 4.99. The second-order valence-electron chi connectivity index (χ2n) is 3.79. The smallest absolute Gasteiger partial charge is 0.109 e. The molecule has 1 saturated heterocycles. The van der Waals surface area contributed by atoms with Crippen LogP contribution in [0.5, 0.6) is 0 Å². The lowest BCUT2D eigenvalue weighted by Gasteiger charge is -2.42. The molecule has 0 aromatic heterocycles. The zero-order valence-corrected chi connectivity index (χ0v) is 8.78. The van der Waals surface area contributed by atoms with E-state index in [4.69, 9.17) is 9.84 Å². The van der Waals surface area contributed by atoms with E-state index in [-0.39, 0.29) is 13.2 Å². The molecule has 1 fully saturated rings. The highest BCUT2D eigenvalue weighted by molar-refractivity contribution is 4.93. The first kappa shape index (κ1) is 12.8. The normalized spacial score (nSPS) is 38.2. The van der Waals surface area contributed by atoms with Crippen LogP contribution >= 0.6 is 0 Å². The minimum Gasteiger partial charge on any atom is -0.395 e. The largest absolute Gasteiger partial charge is 0.395 e. The molecule has 0 saturated carbocycles. The summed E-state index contributed by atoms with van der Waals surface area (Å²) < 4.78 is 4.89. The molecule has 1 heterocycles. The van der Waals surface area contributed by atoms with Gasteiger partial charge >= 0.3 is 0 Å². The number of likely N-dealkylation sites (tertiary alicyclic amines) is 1. The average molecular weight is 221 g/mol. The first-order chi connectivity index (χ1) is 7.11. The lowest BCUT2D eigenvalue weighted by atomic mass is 9.94. The SMILES string of the molecule is COCCN1C[C@@H](O)C(O)[C@H](O)C1CO. The van der Waals surface area contributed by atoms with Crippen LogP contribution in [0, 0.1) is 0 Å². The third-order valence-corrected chi connectivity index (χ3v) is 2.80. The second-order valence-corrected chi connectivity index (χ2v) is 3.79. The first-order valence-electron chi connectivity index (χ1n) is 4.99. The van der Waals surface area contributed by atoms with E-state index in [1.165, 1.54) is 0 Å². The highest BCUT2D eigenvalue weighted by Crippen LogP contribution is 2.18. The molecule has 0 amide bonds. The Hall–Kier alpha value is -0.240. The molecule has 90 valence electrons. The van der Waals surface area contributed by atoms with Crippen LogP contribution in [-0.4, -0.2) is 83.1 Å². The number of ether oxygens (including phenoxy) is 1. The van der Waals surface area contributed by atoms with E-state index in [0.717, 1.165) is 0 Å². The highest BCUT2D eigenvalue weighted by atomic mass is 16.5. The van der Waals surface area contributed by atoms with E-state index in [0.29, 0.717) is 13.2 Å². The summed E-state index contributed by atoms with van der Waals surface area (Å²) in [4.78, 5) is 1.71. The number of hydrogen-bond acceptors (Lipinski definition) is 6. The second kappa shape index (κ2) is 5.74. The van der Waals surface area contributed by atoms with E-state index in [1.54, 1.807) is 12.0 Å². The predicted molar refractivity (Wildman–Crippen MR) is 52.3 cm³/mol. The van der Waals surface area contributed by atoms with Crippen molar-refractivity contribution in [1.82, 2.24) is 4.90 Å². The van der Waals surface area contributed by atoms with E-state index >= 15 is 0 Å². The minimum atomic E-state index is -1.19. The number of nitrogens with zero attached hydrogens (tertiary/aromatic N) is 1. The van der Waals surface area contributed by atoms with Crippen molar-refractivity contribution < 1.29 is 25.2 Å². The third kappa shape index (κ3) is 2.87. The molecule has 0 radical (unpaired) electrons. The quantitative estimate of drug-likeness (QED) is 0.416. The summed E-state index contributed by atoms with van der Waals surface area (Å²) in [6, 6.07) is -0.543. The van der Waals surface area contributed by atoms with Gasteiger partial charge in [0.15, 0.2) is 0 Å². The lowest BCUT2D eigenvalue weighted by Crippen LogP contribution is -2.62. The van der Waals surface area contributed by atoms with Crippen molar-refractivity contribution >= 4 is 0 Å². The highest BCUT2D eigenvalue weighted by Gasteiger charge is 2.40. The molecular formula is C9H19NO5. The van der Waals surface area contributed by atoms with Crippen LogP contribution in [0.25, 0.3) is 0 Å². The van der Waals surface area contributed by atoms with Gasteiger partial charge in [-0.3, -0.25) is 4.90 Å². The zero-order valence-electron chi connectivity index (χ0n) is 8.78. The molecule has 1 aliphatic heterocycles. The molecule has 15 heavy (non-hydrogen) atoms. The number of piperidine rings is 1. The minimum absolute atomic E-state index is 0.229. The maximum absolute atomic E-state index is 9.63. The molecule has 6 nitrogen and oxygen atoms in total. The Labute approximate surface area is 88.7 Å². The summed E-state index contributed by atoms with van der Waals surface area (Å²) in [6.07, 6.45) is -3.31. The summed E-state index contributed by atoms with van der Waals surface area (Å²) in [5, 5.41) is 37.6. The Morgan fingerprint density at radius 2 is 1.93 bits per heavy atom. The van der Waals surface area contributed by atoms with Crippen molar-refractivity contribution in [1.29, 1.82) is 0 Å². The molecule has 0 aromatic rings. The van der Waals surface area contributed by atoms with E-state index in [9.17, 15) is 15.3 Å². The summed E-state index contributed by atoms with van der Waals surface area (Å²) >= 11 is 0. The molecule has 1 aliphatic rings. The van der Waals surface area contributed by atoms with Gasteiger partial charge < -0.3 is 25.2 Å². The van der Waals surface area contributed by atoms with Gasteiger partial charge in [0, 0.05) is 20.2 Å². The molecule has 4 atom stereocenters. The monoisotopic (exact) mass is 221 g/mol. The van der Waals surface area contributed by atoms with Crippen LogP contribution in [0.15, 0.2) is 0 Å². The average Bonchev–Trinajstić information content (AvgIpc) is 2.23. The fraction of sp³-hybridized carbons (Fsp3) is 1.00. The summed E-state index contributed by atoms with van der Waals surface area (Å²) in [7, 11) is 1.56. The van der Waals surface area contributed by atoms with Crippen molar-refractivity contribution in [3.05, 3.63) is 0 Å². The molecule has 0 aliphatic carbocycles. The van der Waals surface area contributed by atoms with Gasteiger partial charge in [0.1, 0.15) is 12.2 Å². The Morgan fingerprint density at radius 1 is 1.27 bits per heavy atom. The Balaban J connectivity index is 2.60. The number of aliphatic hydroxyl groups is 4. The van der Waals surface area contributed by atoms with Gasteiger partial charge in [-0.25, -0.2) is 0 Å². The van der Waals surface area contributed by atoms with Crippen molar-refractivity contribution in [2.75, 3.05) is 33.4 Å². The Kier molecular flexibility index (Phi) is 4.91. The molecule has 0 spiro atoms. The Bertz CT molecular complexity index is 191. The topological polar surface area (TPSA) is 93.4 Å². The van der Waals surface area contributed by atoms with Crippen molar-refractivity contribution in [3.8, 4) is 0 Å². The van der Waals surface area contributed by atoms with Crippen molar-refractivity contribution in [2.45, 2.75) is 24.4 Å². The number of methoxy groups -OCH3 is 1. The van der Waals surface area contributed by atoms with E-state index in [2.05, 4.69) is 0 Å². The fourth-order valence-electron chi connectivity index (χ4n) is 1.84.